The molecule has 4 bridgehead atoms. The highest BCUT2D eigenvalue weighted by Crippen LogP contribution is 2.51. The van der Waals surface area contributed by atoms with Crippen LogP contribution < -0.4 is 0 Å². The summed E-state index contributed by atoms with van der Waals surface area (Å²) in [6, 6.07) is 0. The van der Waals surface area contributed by atoms with E-state index in [-0.39, 0.29) is 0 Å². The molecular weight excluding hydrogens is 378 g/mol. The molecule has 0 N–H and O–H groups in total. The van der Waals surface area contributed by atoms with Gasteiger partial charge in [-0.3, -0.25) is 0 Å². The molecule has 28 heavy (non-hydrogen) atoms. The Morgan fingerprint density at radius 1 is 0.607 bits per heavy atom. The van der Waals surface area contributed by atoms with Gasteiger partial charge in [-0.2, -0.15) is 11.8 Å². The molecule has 0 amide bonds. The Labute approximate surface area is 183 Å². The largest absolute Gasteiger partial charge is 0.432 e. The van der Waals surface area contributed by atoms with Gasteiger partial charge in [0.25, 0.3) is 6.92 Å². The highest BCUT2D eigenvalue weighted by Gasteiger charge is 2.44. The minimum atomic E-state index is 0.579. The van der Waals surface area contributed by atoms with Crippen molar-refractivity contribution >= 4 is 36.3 Å². The molecule has 4 saturated heterocycles. The van der Waals surface area contributed by atoms with Crippen LogP contribution in [0.1, 0.15) is 96.3 Å². The Balaban J connectivity index is 1.07. The highest BCUT2D eigenvalue weighted by atomic mass is 32.2. The number of hydrogen-bond acceptors (Lipinski definition) is 3. The topological polar surface area (TPSA) is 9.23 Å². The third kappa shape index (κ3) is 4.67. The number of hydrogen-bond donors (Lipinski definition) is 0. The molecule has 0 aromatic carbocycles. The lowest BCUT2D eigenvalue weighted by Crippen LogP contribution is -2.41. The summed E-state index contributed by atoms with van der Waals surface area (Å²) >= 11 is 4.64. The number of rotatable bonds is 7. The molecule has 5 aliphatic rings. The van der Waals surface area contributed by atoms with Crippen LogP contribution >= 0.6 is 23.4 Å². The summed E-state index contributed by atoms with van der Waals surface area (Å²) in [7, 11) is 0. The van der Waals surface area contributed by atoms with Gasteiger partial charge in [0.15, 0.2) is 0 Å². The lowest BCUT2D eigenvalue weighted by atomic mass is 9.38. The SMILES string of the molecule is C1CC2CCCC(C1)B2OC1CCCC1SCCSB1C2CCCC1CCC2. The molecule has 156 valence electrons. The Hall–Kier alpha value is 0.790. The van der Waals surface area contributed by atoms with Crippen LogP contribution in [-0.4, -0.2) is 35.8 Å². The van der Waals surface area contributed by atoms with Gasteiger partial charge < -0.3 is 4.65 Å². The van der Waals surface area contributed by atoms with Crippen molar-refractivity contribution in [3.05, 3.63) is 0 Å². The summed E-state index contributed by atoms with van der Waals surface area (Å²) in [4.78, 5) is 0. The lowest BCUT2D eigenvalue weighted by Gasteiger charge is -2.41. The van der Waals surface area contributed by atoms with Crippen molar-refractivity contribution < 1.29 is 4.65 Å². The quantitative estimate of drug-likeness (QED) is 0.311. The van der Waals surface area contributed by atoms with Gasteiger partial charge in [-0.25, -0.2) is 11.6 Å². The predicted molar refractivity (Wildman–Crippen MR) is 129 cm³/mol. The van der Waals surface area contributed by atoms with E-state index < -0.39 is 0 Å². The van der Waals surface area contributed by atoms with E-state index >= 15 is 0 Å². The average molecular weight is 418 g/mol. The van der Waals surface area contributed by atoms with Crippen molar-refractivity contribution in [3.8, 4) is 0 Å². The van der Waals surface area contributed by atoms with E-state index in [0.717, 1.165) is 34.5 Å². The van der Waals surface area contributed by atoms with Crippen LogP contribution in [-0.2, 0) is 4.65 Å². The van der Waals surface area contributed by atoms with Crippen molar-refractivity contribution in [1.29, 1.82) is 0 Å². The molecule has 4 heterocycles. The Morgan fingerprint density at radius 2 is 1.14 bits per heavy atom. The monoisotopic (exact) mass is 418 g/mol. The molecule has 1 aliphatic carbocycles. The van der Waals surface area contributed by atoms with E-state index in [9.17, 15) is 0 Å². The van der Waals surface area contributed by atoms with Gasteiger partial charge in [-0.15, -0.1) is 0 Å². The maximum atomic E-state index is 6.91. The third-order valence-corrected chi connectivity index (χ3v) is 12.2. The van der Waals surface area contributed by atoms with Crippen LogP contribution in [0.5, 0.6) is 0 Å². The molecular formula is C23H40B2OS2. The van der Waals surface area contributed by atoms with Gasteiger partial charge in [0.05, 0.1) is 6.10 Å². The van der Waals surface area contributed by atoms with Crippen molar-refractivity contribution in [1.82, 2.24) is 0 Å². The normalized spacial score (nSPS) is 40.7. The van der Waals surface area contributed by atoms with Crippen molar-refractivity contribution in [3.63, 3.8) is 0 Å². The molecule has 1 nitrogen and oxygen atoms in total. The molecule has 4 aliphatic heterocycles. The maximum Gasteiger partial charge on any atom is 0.299 e. The minimum Gasteiger partial charge on any atom is -0.432 e. The fourth-order valence-corrected chi connectivity index (χ4v) is 10.7. The second-order valence-corrected chi connectivity index (χ2v) is 13.2. The zero-order chi connectivity index (χ0) is 18.8. The van der Waals surface area contributed by atoms with E-state index in [1.54, 1.807) is 0 Å². The molecule has 0 spiro atoms. The fourth-order valence-electron chi connectivity index (χ4n) is 7.55. The molecule has 0 radical (unpaired) electrons. The van der Waals surface area contributed by atoms with E-state index in [0.29, 0.717) is 13.0 Å². The van der Waals surface area contributed by atoms with Crippen LogP contribution in [0.15, 0.2) is 0 Å². The zero-order valence-corrected chi connectivity index (χ0v) is 19.5. The summed E-state index contributed by atoms with van der Waals surface area (Å²) in [5, 5.41) is 0.800. The van der Waals surface area contributed by atoms with E-state index in [1.807, 2.05) is 0 Å². The first kappa shape index (κ1) is 20.7. The van der Waals surface area contributed by atoms with E-state index in [1.165, 1.54) is 108 Å². The second kappa shape index (κ2) is 9.94. The summed E-state index contributed by atoms with van der Waals surface area (Å²) in [6.07, 6.45) is 22.6. The van der Waals surface area contributed by atoms with E-state index in [2.05, 4.69) is 23.4 Å². The molecule has 0 aromatic heterocycles. The van der Waals surface area contributed by atoms with Crippen LogP contribution in [0.4, 0.5) is 0 Å². The van der Waals surface area contributed by atoms with Gasteiger partial charge >= 0.3 is 0 Å². The number of fused-ring (bicyclic) bond motifs is 4. The molecule has 2 unspecified atom stereocenters. The van der Waals surface area contributed by atoms with Crippen molar-refractivity contribution in [2.45, 2.75) is 131 Å². The lowest BCUT2D eigenvalue weighted by molar-refractivity contribution is 0.187. The standard InChI is InChI=1S/C23H40B2OS2/c1-6-18-8-2-9-19(7-1)24(18)26-22-14-5-15-23(22)27-16-17-28-25-20-10-3-11-21(25)13-4-12-20/h18-23H,1-17H2. The van der Waals surface area contributed by atoms with Gasteiger partial charge in [0.1, 0.15) is 0 Å². The fraction of sp³-hybridized carbons (Fsp3) is 1.00. The van der Waals surface area contributed by atoms with Crippen LogP contribution in [0.3, 0.4) is 0 Å². The third-order valence-electron chi connectivity index (χ3n) is 8.91. The summed E-state index contributed by atoms with van der Waals surface area (Å²) < 4.78 is 6.91. The van der Waals surface area contributed by atoms with Gasteiger partial charge in [0, 0.05) is 11.0 Å². The molecule has 5 heteroatoms. The van der Waals surface area contributed by atoms with Crippen LogP contribution in [0, 0.1) is 0 Å². The molecule has 1 saturated carbocycles. The van der Waals surface area contributed by atoms with Crippen LogP contribution in [0.25, 0.3) is 0 Å². The zero-order valence-electron chi connectivity index (χ0n) is 17.9. The van der Waals surface area contributed by atoms with Crippen LogP contribution in [0.2, 0.25) is 23.3 Å². The molecule has 0 aromatic rings. The first-order valence-corrected chi connectivity index (χ1v) is 14.9. The molecule has 5 rings (SSSR count). The molecule has 2 atom stereocenters. The van der Waals surface area contributed by atoms with Crippen molar-refractivity contribution in [2.75, 3.05) is 11.5 Å². The van der Waals surface area contributed by atoms with Gasteiger partial charge in [-0.05, 0) is 36.6 Å². The highest BCUT2D eigenvalue weighted by molar-refractivity contribution is 8.26. The summed E-state index contributed by atoms with van der Waals surface area (Å²) in [6.45, 7) is 0.629. The molecule has 5 fully saturated rings. The van der Waals surface area contributed by atoms with E-state index in [4.69, 9.17) is 4.65 Å². The maximum absolute atomic E-state index is 6.91. The van der Waals surface area contributed by atoms with Gasteiger partial charge in [-0.1, -0.05) is 88.7 Å². The first-order chi connectivity index (χ1) is 13.9. The Morgan fingerprint density at radius 3 is 1.75 bits per heavy atom. The summed E-state index contributed by atoms with van der Waals surface area (Å²) in [5.41, 5.74) is 0. The Bertz CT molecular complexity index is 463. The second-order valence-electron chi connectivity index (χ2n) is 10.6. The first-order valence-electron chi connectivity index (χ1n) is 12.8. The average Bonchev–Trinajstić information content (AvgIpc) is 3.12. The van der Waals surface area contributed by atoms with Crippen molar-refractivity contribution in [2.24, 2.45) is 0 Å². The minimum absolute atomic E-state index is 0.579. The number of thioether (sulfide) groups is 1. The smallest absolute Gasteiger partial charge is 0.299 e. The van der Waals surface area contributed by atoms with Gasteiger partial charge in [0.2, 0.25) is 5.99 Å². The summed E-state index contributed by atoms with van der Waals surface area (Å²) in [5.74, 6) is 7.70. The predicted octanol–water partition coefficient (Wildman–Crippen LogP) is 7.59. The Kier molecular flexibility index (Phi) is 7.34.